The third kappa shape index (κ3) is 8.68. The first-order valence-corrected chi connectivity index (χ1v) is 15.4. The van der Waals surface area contributed by atoms with Gasteiger partial charge in [0, 0.05) is 30.1 Å². The number of amides is 2. The molecular weight excluding hydrogens is 576 g/mol. The second kappa shape index (κ2) is 14.5. The second-order valence-electron chi connectivity index (χ2n) is 9.33. The van der Waals surface area contributed by atoms with Crippen molar-refractivity contribution >= 4 is 50.7 Å². The maximum absolute atomic E-state index is 14.8. The van der Waals surface area contributed by atoms with Gasteiger partial charge in [0.05, 0.1) is 17.0 Å². The maximum Gasteiger partial charge on any atom is 0.244 e. The molecule has 0 aliphatic heterocycles. The van der Waals surface area contributed by atoms with Crippen molar-refractivity contribution in [1.29, 1.82) is 0 Å². The molecule has 3 rings (SSSR count). The zero-order chi connectivity index (χ0) is 29.3. The van der Waals surface area contributed by atoms with E-state index >= 15 is 0 Å². The molecule has 2 amide bonds. The van der Waals surface area contributed by atoms with Crippen LogP contribution < -0.4 is 9.62 Å². The first-order valence-electron chi connectivity index (χ1n) is 12.8. The van der Waals surface area contributed by atoms with E-state index < -0.39 is 40.2 Å². The smallest absolute Gasteiger partial charge is 0.244 e. The first-order chi connectivity index (χ1) is 19.0. The number of nitrogens with one attached hydrogen (secondary N) is 1. The number of halogens is 3. The molecule has 1 N–H and O–H groups in total. The summed E-state index contributed by atoms with van der Waals surface area (Å²) in [6.45, 7) is 1.47. The predicted octanol–water partition coefficient (Wildman–Crippen LogP) is 5.45. The molecule has 0 radical (unpaired) electrons. The molecule has 11 heteroatoms. The number of unbranched alkanes of at least 4 members (excludes halogenated alkanes) is 1. The number of carbonyl (C=O) groups excluding carboxylic acids is 2. The summed E-state index contributed by atoms with van der Waals surface area (Å²) in [7, 11) is -4.00. The first kappa shape index (κ1) is 31.4. The number of carbonyl (C=O) groups is 2. The predicted molar refractivity (Wildman–Crippen MR) is 157 cm³/mol. The van der Waals surface area contributed by atoms with E-state index in [-0.39, 0.29) is 29.2 Å². The molecule has 3 aromatic carbocycles. The van der Waals surface area contributed by atoms with Crippen LogP contribution in [0.2, 0.25) is 10.0 Å². The summed E-state index contributed by atoms with van der Waals surface area (Å²) in [5.74, 6) is -1.67. The summed E-state index contributed by atoms with van der Waals surface area (Å²) in [5, 5.41) is 3.20. The van der Waals surface area contributed by atoms with Crippen molar-refractivity contribution in [3.8, 4) is 0 Å². The standard InChI is InChI=1S/C29H32Cl2FN3O4S/c1-3-4-16-33-29(37)27(17-21-10-6-5-7-11-21)34(19-22-12-8-9-13-25(22)32)28(36)20-35(40(2,38)39)26-15-14-23(30)18-24(26)31/h5-15,18,27H,3-4,16-17,19-20H2,1-2H3,(H,33,37)/t27-/m1/s1. The van der Waals surface area contributed by atoms with E-state index in [2.05, 4.69) is 5.32 Å². The largest absolute Gasteiger partial charge is 0.354 e. The summed E-state index contributed by atoms with van der Waals surface area (Å²) < 4.78 is 41.3. The highest BCUT2D eigenvalue weighted by atomic mass is 35.5. The van der Waals surface area contributed by atoms with Crippen molar-refractivity contribution in [2.24, 2.45) is 0 Å². The Kier molecular flexibility index (Phi) is 11.4. The van der Waals surface area contributed by atoms with Crippen molar-refractivity contribution in [1.82, 2.24) is 10.2 Å². The van der Waals surface area contributed by atoms with Gasteiger partial charge in [0.2, 0.25) is 21.8 Å². The van der Waals surface area contributed by atoms with Gasteiger partial charge in [-0.2, -0.15) is 0 Å². The lowest BCUT2D eigenvalue weighted by atomic mass is 10.0. The van der Waals surface area contributed by atoms with Gasteiger partial charge in [0.1, 0.15) is 18.4 Å². The maximum atomic E-state index is 14.8. The molecule has 0 aromatic heterocycles. The van der Waals surface area contributed by atoms with Gasteiger partial charge < -0.3 is 10.2 Å². The molecule has 0 bridgehead atoms. The van der Waals surface area contributed by atoms with Gasteiger partial charge in [-0.3, -0.25) is 13.9 Å². The van der Waals surface area contributed by atoms with Crippen LogP contribution in [0.3, 0.4) is 0 Å². The molecular formula is C29H32Cl2FN3O4S. The minimum atomic E-state index is -4.00. The molecule has 0 heterocycles. The zero-order valence-electron chi connectivity index (χ0n) is 22.3. The molecule has 0 aliphatic rings. The van der Waals surface area contributed by atoms with Crippen LogP contribution in [-0.2, 0) is 32.6 Å². The molecule has 0 saturated carbocycles. The average molecular weight is 609 g/mol. The topological polar surface area (TPSA) is 86.8 Å². The van der Waals surface area contributed by atoms with Gasteiger partial charge >= 0.3 is 0 Å². The Morgan fingerprint density at radius 3 is 2.30 bits per heavy atom. The molecule has 0 unspecified atom stereocenters. The third-order valence-corrected chi connectivity index (χ3v) is 7.92. The number of sulfonamides is 1. The Bertz CT molecular complexity index is 1420. The van der Waals surface area contributed by atoms with Gasteiger partial charge in [-0.25, -0.2) is 12.8 Å². The quantitative estimate of drug-likeness (QED) is 0.262. The number of hydrogen-bond acceptors (Lipinski definition) is 4. The zero-order valence-corrected chi connectivity index (χ0v) is 24.6. The number of benzene rings is 3. The molecule has 0 aliphatic carbocycles. The van der Waals surface area contributed by atoms with Crippen molar-refractivity contribution in [2.45, 2.75) is 38.8 Å². The van der Waals surface area contributed by atoms with E-state index in [0.717, 1.165) is 29.0 Å². The summed E-state index contributed by atoms with van der Waals surface area (Å²) in [6.07, 6.45) is 2.68. The molecule has 0 fully saturated rings. The number of nitrogens with zero attached hydrogens (tertiary/aromatic N) is 2. The Morgan fingerprint density at radius 2 is 1.68 bits per heavy atom. The van der Waals surface area contributed by atoms with Crippen LogP contribution in [0.15, 0.2) is 72.8 Å². The highest BCUT2D eigenvalue weighted by Gasteiger charge is 2.33. The SMILES string of the molecule is CCCCNC(=O)[C@@H](Cc1ccccc1)N(Cc1ccccc1F)C(=O)CN(c1ccc(Cl)cc1Cl)S(C)(=O)=O. The highest BCUT2D eigenvalue weighted by Crippen LogP contribution is 2.30. The van der Waals surface area contributed by atoms with Crippen LogP contribution in [0.25, 0.3) is 0 Å². The Hall–Kier alpha value is -3.14. The molecule has 214 valence electrons. The molecule has 0 saturated heterocycles. The van der Waals surface area contributed by atoms with Gasteiger partial charge in [0.25, 0.3) is 0 Å². The third-order valence-electron chi connectivity index (χ3n) is 6.26. The monoisotopic (exact) mass is 607 g/mol. The Balaban J connectivity index is 2.06. The second-order valence-corrected chi connectivity index (χ2v) is 12.1. The van der Waals surface area contributed by atoms with Gasteiger partial charge in [0.15, 0.2) is 0 Å². The van der Waals surface area contributed by atoms with Gasteiger partial charge in [-0.1, -0.05) is 85.1 Å². The molecule has 1 atom stereocenters. The van der Waals surface area contributed by atoms with Crippen LogP contribution in [0.1, 0.15) is 30.9 Å². The number of anilines is 1. The lowest BCUT2D eigenvalue weighted by Crippen LogP contribution is -2.53. The summed E-state index contributed by atoms with van der Waals surface area (Å²) in [6, 6.07) is 18.3. The van der Waals surface area contributed by atoms with Crippen molar-refractivity contribution < 1.29 is 22.4 Å². The fourth-order valence-electron chi connectivity index (χ4n) is 4.15. The fraction of sp³-hybridized carbons (Fsp3) is 0.310. The van der Waals surface area contributed by atoms with E-state index in [4.69, 9.17) is 23.2 Å². The molecule has 7 nitrogen and oxygen atoms in total. The van der Waals surface area contributed by atoms with E-state index in [1.165, 1.54) is 41.3 Å². The Labute approximate surface area is 244 Å². The summed E-state index contributed by atoms with van der Waals surface area (Å²) in [5.41, 5.74) is 1.02. The van der Waals surface area contributed by atoms with E-state index in [0.29, 0.717) is 11.6 Å². The minimum Gasteiger partial charge on any atom is -0.354 e. The molecule has 40 heavy (non-hydrogen) atoms. The lowest BCUT2D eigenvalue weighted by Gasteiger charge is -2.33. The van der Waals surface area contributed by atoms with E-state index in [1.807, 2.05) is 37.3 Å². The summed E-state index contributed by atoms with van der Waals surface area (Å²) >= 11 is 12.3. The van der Waals surface area contributed by atoms with Crippen molar-refractivity contribution in [3.05, 3.63) is 99.8 Å². The summed E-state index contributed by atoms with van der Waals surface area (Å²) in [4.78, 5) is 28.7. The van der Waals surface area contributed by atoms with Crippen molar-refractivity contribution in [2.75, 3.05) is 23.7 Å². The molecule has 0 spiro atoms. The van der Waals surface area contributed by atoms with Crippen LogP contribution in [0.5, 0.6) is 0 Å². The Morgan fingerprint density at radius 1 is 1.00 bits per heavy atom. The van der Waals surface area contributed by atoms with Crippen LogP contribution in [-0.4, -0.2) is 50.5 Å². The van der Waals surface area contributed by atoms with E-state index in [1.54, 1.807) is 6.07 Å². The van der Waals surface area contributed by atoms with Gasteiger partial charge in [-0.15, -0.1) is 0 Å². The van der Waals surface area contributed by atoms with Gasteiger partial charge in [-0.05, 0) is 36.2 Å². The van der Waals surface area contributed by atoms with Crippen LogP contribution >= 0.6 is 23.2 Å². The molecule has 3 aromatic rings. The average Bonchev–Trinajstić information content (AvgIpc) is 2.90. The van der Waals surface area contributed by atoms with Crippen LogP contribution in [0.4, 0.5) is 10.1 Å². The highest BCUT2D eigenvalue weighted by molar-refractivity contribution is 7.92. The van der Waals surface area contributed by atoms with Crippen LogP contribution in [0, 0.1) is 5.82 Å². The minimum absolute atomic E-state index is 0.0320. The fourth-order valence-corrected chi connectivity index (χ4v) is 5.57. The lowest BCUT2D eigenvalue weighted by molar-refractivity contribution is -0.140. The van der Waals surface area contributed by atoms with Crippen molar-refractivity contribution in [3.63, 3.8) is 0 Å². The van der Waals surface area contributed by atoms with E-state index in [9.17, 15) is 22.4 Å². The normalized spacial score (nSPS) is 12.0. The number of rotatable bonds is 13. The number of hydrogen-bond donors (Lipinski definition) is 1.